The highest BCUT2D eigenvalue weighted by molar-refractivity contribution is 6.70. The number of para-hydroxylation sites is 1. The molecule has 4 rings (SSSR count). The normalized spacial score (nSPS) is 16.6. The Labute approximate surface area is 249 Å². The van der Waals surface area contributed by atoms with E-state index in [1.807, 2.05) is 0 Å². The minimum Gasteiger partial charge on any atom is -0.497 e. The minimum absolute atomic E-state index is 0.177. The molecule has 1 saturated heterocycles. The van der Waals surface area contributed by atoms with Crippen LogP contribution in [0.25, 0.3) is 11.1 Å². The van der Waals surface area contributed by atoms with Gasteiger partial charge in [0, 0.05) is 23.3 Å². The highest BCUT2D eigenvalue weighted by Crippen LogP contribution is 2.39. The molecule has 1 N–H and O–H groups in total. The van der Waals surface area contributed by atoms with Crippen molar-refractivity contribution in [2.75, 3.05) is 24.4 Å². The van der Waals surface area contributed by atoms with Gasteiger partial charge in [0.15, 0.2) is 0 Å². The highest BCUT2D eigenvalue weighted by Gasteiger charge is 2.45. The van der Waals surface area contributed by atoms with E-state index in [1.165, 1.54) is 32.4 Å². The fourth-order valence-corrected chi connectivity index (χ4v) is 4.43. The standard InChI is InChI=1S/C26H20Cl5FN4O3/c1-35-24(37)23(36(25(35)38)20-6-4-3-5-18(20)32)34-22(21(28)26(29,30)31)33-19-12-11-16(39-2)13-17(19)14-7-9-15(27)10-8-14/h3-13,21-22,33H,1-2H3. The van der Waals surface area contributed by atoms with E-state index in [1.54, 1.807) is 42.5 Å². The zero-order valence-electron chi connectivity index (χ0n) is 20.3. The van der Waals surface area contributed by atoms with Gasteiger partial charge in [0.25, 0.3) is 5.91 Å². The van der Waals surface area contributed by atoms with Gasteiger partial charge in [-0.2, -0.15) is 0 Å². The summed E-state index contributed by atoms with van der Waals surface area (Å²) in [6.07, 6.45) is -1.29. The number of benzene rings is 3. The fraction of sp³-hybridized carbons (Fsp3) is 0.192. The maximum atomic E-state index is 14.7. The molecule has 7 nitrogen and oxygen atoms in total. The number of aliphatic imine (C=N–C) groups is 1. The van der Waals surface area contributed by atoms with Gasteiger partial charge < -0.3 is 10.1 Å². The average Bonchev–Trinajstić information content (AvgIpc) is 3.11. The number of ether oxygens (including phenoxy) is 1. The van der Waals surface area contributed by atoms with Crippen LogP contribution >= 0.6 is 58.0 Å². The number of halogens is 6. The van der Waals surface area contributed by atoms with Gasteiger partial charge in [-0.05, 0) is 48.0 Å². The van der Waals surface area contributed by atoms with E-state index >= 15 is 0 Å². The van der Waals surface area contributed by atoms with Crippen molar-refractivity contribution in [3.8, 4) is 16.9 Å². The number of amides is 3. The van der Waals surface area contributed by atoms with Gasteiger partial charge in [0.05, 0.1) is 12.8 Å². The van der Waals surface area contributed by atoms with Gasteiger partial charge in [-0.3, -0.25) is 9.69 Å². The molecule has 0 aliphatic carbocycles. The Morgan fingerprint density at radius 1 is 1.03 bits per heavy atom. The molecule has 0 saturated carbocycles. The predicted molar refractivity (Wildman–Crippen MR) is 155 cm³/mol. The summed E-state index contributed by atoms with van der Waals surface area (Å²) >= 11 is 31.1. The molecule has 0 radical (unpaired) electrons. The van der Waals surface area contributed by atoms with E-state index in [0.717, 1.165) is 21.4 Å². The van der Waals surface area contributed by atoms with Gasteiger partial charge >= 0.3 is 6.03 Å². The molecule has 39 heavy (non-hydrogen) atoms. The minimum atomic E-state index is -2.06. The topological polar surface area (TPSA) is 74.2 Å². The summed E-state index contributed by atoms with van der Waals surface area (Å²) in [4.78, 5) is 32.1. The molecular formula is C26H20Cl5FN4O3. The number of urea groups is 1. The van der Waals surface area contributed by atoms with E-state index in [9.17, 15) is 14.0 Å². The summed E-state index contributed by atoms with van der Waals surface area (Å²) in [5.41, 5.74) is 1.72. The van der Waals surface area contributed by atoms with Crippen molar-refractivity contribution in [3.63, 3.8) is 0 Å². The van der Waals surface area contributed by atoms with Crippen LogP contribution in [-0.4, -0.2) is 52.2 Å². The van der Waals surface area contributed by atoms with Crippen molar-refractivity contribution < 1.29 is 18.7 Å². The maximum Gasteiger partial charge on any atom is 0.337 e. The van der Waals surface area contributed by atoms with Gasteiger partial charge in [-0.1, -0.05) is 70.7 Å². The second kappa shape index (κ2) is 11.8. The highest BCUT2D eigenvalue weighted by atomic mass is 35.6. The van der Waals surface area contributed by atoms with Crippen molar-refractivity contribution in [3.05, 3.63) is 77.6 Å². The third-order valence-corrected chi connectivity index (χ3v) is 7.67. The number of hydrogen-bond donors (Lipinski definition) is 1. The van der Waals surface area contributed by atoms with Crippen molar-refractivity contribution in [2.45, 2.75) is 15.3 Å². The van der Waals surface area contributed by atoms with Gasteiger partial charge in [0.1, 0.15) is 23.1 Å². The van der Waals surface area contributed by atoms with Crippen LogP contribution in [0, 0.1) is 5.82 Å². The number of amidine groups is 1. The lowest BCUT2D eigenvalue weighted by atomic mass is 10.0. The summed E-state index contributed by atoms with van der Waals surface area (Å²) in [5.74, 6) is -1.39. The van der Waals surface area contributed by atoms with Gasteiger partial charge in [-0.25, -0.2) is 19.1 Å². The SMILES string of the molecule is COc1ccc(NC(N=C2C(=O)N(C)C(=O)N2c2ccccc2F)C(Cl)C(Cl)(Cl)Cl)c(-c2ccc(Cl)cc2)c1. The number of rotatable bonds is 7. The largest absolute Gasteiger partial charge is 0.497 e. The Bertz CT molecular complexity index is 1430. The Kier molecular flexibility index (Phi) is 8.83. The quantitative estimate of drug-likeness (QED) is 0.218. The number of nitrogens with zero attached hydrogens (tertiary/aromatic N) is 3. The molecule has 0 bridgehead atoms. The van der Waals surface area contributed by atoms with Crippen molar-refractivity contribution in [1.29, 1.82) is 0 Å². The molecule has 2 atom stereocenters. The Morgan fingerprint density at radius 2 is 1.69 bits per heavy atom. The summed E-state index contributed by atoms with van der Waals surface area (Å²) in [7, 11) is 2.77. The molecule has 1 heterocycles. The van der Waals surface area contributed by atoms with Crippen LogP contribution < -0.4 is 15.0 Å². The van der Waals surface area contributed by atoms with Crippen LogP contribution in [0.1, 0.15) is 0 Å². The molecule has 1 aliphatic heterocycles. The van der Waals surface area contributed by atoms with Gasteiger partial charge in [0.2, 0.25) is 9.63 Å². The Balaban J connectivity index is 1.85. The molecule has 3 aromatic carbocycles. The molecule has 0 spiro atoms. The molecule has 13 heteroatoms. The fourth-order valence-electron chi connectivity index (χ4n) is 3.82. The van der Waals surface area contributed by atoms with Crippen LogP contribution in [0.3, 0.4) is 0 Å². The summed E-state index contributed by atoms with van der Waals surface area (Å²) in [6, 6.07) is 16.8. The van der Waals surface area contributed by atoms with Gasteiger partial charge in [-0.15, -0.1) is 11.6 Å². The number of carbonyl (C=O) groups excluding carboxylic acids is 2. The molecule has 0 aromatic heterocycles. The first kappa shape index (κ1) is 29.2. The molecular weight excluding hydrogens is 613 g/mol. The van der Waals surface area contributed by atoms with Crippen molar-refractivity contribution in [1.82, 2.24) is 4.90 Å². The predicted octanol–water partition coefficient (Wildman–Crippen LogP) is 7.37. The second-order valence-electron chi connectivity index (χ2n) is 8.34. The van der Waals surface area contributed by atoms with E-state index in [0.29, 0.717) is 22.0 Å². The first-order chi connectivity index (χ1) is 18.4. The Hall–Kier alpha value is -2.75. The van der Waals surface area contributed by atoms with Crippen LogP contribution in [0.5, 0.6) is 5.75 Å². The first-order valence-corrected chi connectivity index (χ1v) is 13.2. The molecule has 3 amide bonds. The number of anilines is 2. The van der Waals surface area contributed by atoms with E-state index in [-0.39, 0.29) is 5.69 Å². The summed E-state index contributed by atoms with van der Waals surface area (Å²) < 4.78 is 18.0. The molecule has 1 fully saturated rings. The molecule has 3 aromatic rings. The number of methoxy groups -OCH3 is 1. The number of hydrogen-bond acceptors (Lipinski definition) is 5. The zero-order chi connectivity index (χ0) is 28.5. The number of carbonyl (C=O) groups is 2. The lowest BCUT2D eigenvalue weighted by Crippen LogP contribution is -2.41. The number of nitrogens with one attached hydrogen (secondary N) is 1. The van der Waals surface area contributed by atoms with E-state index in [4.69, 9.17) is 62.7 Å². The van der Waals surface area contributed by atoms with E-state index < -0.39 is 38.9 Å². The zero-order valence-corrected chi connectivity index (χ0v) is 24.1. The second-order valence-corrected chi connectivity index (χ2v) is 11.6. The number of alkyl halides is 4. The van der Waals surface area contributed by atoms with Crippen LogP contribution in [0.2, 0.25) is 5.02 Å². The third-order valence-electron chi connectivity index (χ3n) is 5.82. The lowest BCUT2D eigenvalue weighted by Gasteiger charge is -2.28. The van der Waals surface area contributed by atoms with Crippen molar-refractivity contribution in [2.24, 2.45) is 4.99 Å². The molecule has 2 unspecified atom stereocenters. The average molecular weight is 633 g/mol. The summed E-state index contributed by atoms with van der Waals surface area (Å²) in [6.45, 7) is 0. The Morgan fingerprint density at radius 3 is 2.31 bits per heavy atom. The first-order valence-electron chi connectivity index (χ1n) is 11.3. The lowest BCUT2D eigenvalue weighted by molar-refractivity contribution is -0.119. The van der Waals surface area contributed by atoms with Crippen molar-refractivity contribution >= 4 is 87.2 Å². The maximum absolute atomic E-state index is 14.7. The third kappa shape index (κ3) is 6.21. The number of likely N-dealkylation sites (N-methyl/N-ethyl adjacent to an activating group) is 1. The van der Waals surface area contributed by atoms with Crippen LogP contribution in [-0.2, 0) is 4.79 Å². The smallest absolute Gasteiger partial charge is 0.337 e. The summed E-state index contributed by atoms with van der Waals surface area (Å²) in [5, 5.41) is 2.30. The van der Waals surface area contributed by atoms with Crippen LogP contribution in [0.15, 0.2) is 71.7 Å². The van der Waals surface area contributed by atoms with Crippen LogP contribution in [0.4, 0.5) is 20.6 Å². The molecule has 204 valence electrons. The number of imide groups is 1. The monoisotopic (exact) mass is 630 g/mol. The molecule has 1 aliphatic rings. The van der Waals surface area contributed by atoms with E-state index in [2.05, 4.69) is 10.3 Å².